The Bertz CT molecular complexity index is 492. The highest BCUT2D eigenvalue weighted by molar-refractivity contribution is 5.10. The summed E-state index contributed by atoms with van der Waals surface area (Å²) in [6.07, 6.45) is 6.42. The van der Waals surface area contributed by atoms with Crippen LogP contribution in [-0.4, -0.2) is 17.1 Å². The van der Waals surface area contributed by atoms with Gasteiger partial charge in [0.15, 0.2) is 0 Å². The van der Waals surface area contributed by atoms with Crippen LogP contribution < -0.4 is 0 Å². The Morgan fingerprint density at radius 3 is 2.48 bits per heavy atom. The lowest BCUT2D eigenvalue weighted by Gasteiger charge is -2.61. The van der Waals surface area contributed by atoms with Gasteiger partial charge in [0.2, 0.25) is 5.92 Å². The highest BCUT2D eigenvalue weighted by Gasteiger charge is 2.63. The van der Waals surface area contributed by atoms with E-state index < -0.39 is 5.92 Å². The molecule has 0 spiro atoms. The molecule has 1 N–H and O–H groups in total. The maximum atomic E-state index is 14.2. The molecule has 0 aromatic rings. The van der Waals surface area contributed by atoms with Crippen LogP contribution in [0.1, 0.15) is 72.1 Å². The summed E-state index contributed by atoms with van der Waals surface area (Å²) >= 11 is 0. The van der Waals surface area contributed by atoms with Crippen molar-refractivity contribution >= 4 is 0 Å². The van der Waals surface area contributed by atoms with Gasteiger partial charge in [0.1, 0.15) is 0 Å². The topological polar surface area (TPSA) is 20.2 Å². The van der Waals surface area contributed by atoms with Gasteiger partial charge in [-0.2, -0.15) is 0 Å². The van der Waals surface area contributed by atoms with Crippen LogP contribution in [0.2, 0.25) is 0 Å². The van der Waals surface area contributed by atoms with Crippen molar-refractivity contribution in [3.05, 3.63) is 0 Å². The molecule has 0 aromatic heterocycles. The average molecular weight is 326 g/mol. The van der Waals surface area contributed by atoms with E-state index in [4.69, 9.17) is 0 Å². The molecular weight excluding hydrogens is 294 g/mol. The first kappa shape index (κ1) is 16.3. The molecule has 0 radical (unpaired) electrons. The molecule has 4 rings (SSSR count). The number of hydrogen-bond donors (Lipinski definition) is 1. The summed E-state index contributed by atoms with van der Waals surface area (Å²) < 4.78 is 28.3. The van der Waals surface area contributed by atoms with E-state index in [2.05, 4.69) is 20.8 Å². The molecular formula is C20H32F2O. The number of aliphatic hydroxyl groups excluding tert-OH is 1. The summed E-state index contributed by atoms with van der Waals surface area (Å²) in [4.78, 5) is 0. The minimum Gasteiger partial charge on any atom is -0.393 e. The van der Waals surface area contributed by atoms with Crippen molar-refractivity contribution in [3.63, 3.8) is 0 Å². The summed E-state index contributed by atoms with van der Waals surface area (Å²) in [5, 5.41) is 10.5. The Morgan fingerprint density at radius 1 is 1.00 bits per heavy atom. The predicted molar refractivity (Wildman–Crippen MR) is 87.2 cm³/mol. The monoisotopic (exact) mass is 326 g/mol. The summed E-state index contributed by atoms with van der Waals surface area (Å²) in [5.41, 5.74) is 0.0302. The third kappa shape index (κ3) is 2.32. The Morgan fingerprint density at radius 2 is 1.74 bits per heavy atom. The van der Waals surface area contributed by atoms with Crippen molar-refractivity contribution in [1.29, 1.82) is 0 Å². The molecule has 3 heteroatoms. The second kappa shape index (κ2) is 4.93. The smallest absolute Gasteiger partial charge is 0.249 e. The van der Waals surface area contributed by atoms with Crippen LogP contribution >= 0.6 is 0 Å². The average Bonchev–Trinajstić information content (AvgIpc) is 2.69. The zero-order chi connectivity index (χ0) is 16.6. The molecule has 1 nitrogen and oxygen atoms in total. The van der Waals surface area contributed by atoms with Crippen molar-refractivity contribution in [2.24, 2.45) is 40.4 Å². The van der Waals surface area contributed by atoms with Gasteiger partial charge < -0.3 is 5.11 Å². The SMILES string of the molecule is CC1CC2CC[C@@H]3[C@@H](CC[C@]4(C)CC(F)(F)C[C@@H]34)[C@@]2(C)CC1O. The summed E-state index contributed by atoms with van der Waals surface area (Å²) in [7, 11) is 0. The van der Waals surface area contributed by atoms with Crippen molar-refractivity contribution < 1.29 is 13.9 Å². The Balaban J connectivity index is 1.64. The highest BCUT2D eigenvalue weighted by Crippen LogP contribution is 2.68. The van der Waals surface area contributed by atoms with Crippen molar-refractivity contribution in [3.8, 4) is 0 Å². The van der Waals surface area contributed by atoms with Gasteiger partial charge in [-0.1, -0.05) is 20.8 Å². The van der Waals surface area contributed by atoms with E-state index in [0.29, 0.717) is 23.7 Å². The van der Waals surface area contributed by atoms with Gasteiger partial charge in [-0.15, -0.1) is 0 Å². The number of alkyl halides is 2. The first-order valence-electron chi connectivity index (χ1n) is 9.71. The third-order valence-corrected chi connectivity index (χ3v) is 8.73. The lowest BCUT2D eigenvalue weighted by Crippen LogP contribution is -2.54. The maximum absolute atomic E-state index is 14.2. The molecule has 132 valence electrons. The Labute approximate surface area is 139 Å². The summed E-state index contributed by atoms with van der Waals surface area (Å²) in [6, 6.07) is 0. The molecule has 0 amide bonds. The first-order valence-corrected chi connectivity index (χ1v) is 9.71. The van der Waals surface area contributed by atoms with Gasteiger partial charge in [-0.25, -0.2) is 8.78 Å². The number of fused-ring (bicyclic) bond motifs is 5. The lowest BCUT2D eigenvalue weighted by atomic mass is 9.44. The molecule has 0 heterocycles. The molecule has 0 saturated heterocycles. The predicted octanol–water partition coefficient (Wildman–Crippen LogP) is 5.27. The van der Waals surface area contributed by atoms with Gasteiger partial charge in [0.25, 0.3) is 0 Å². The van der Waals surface area contributed by atoms with Crippen LogP contribution in [0.5, 0.6) is 0 Å². The van der Waals surface area contributed by atoms with Crippen LogP contribution in [0, 0.1) is 40.4 Å². The van der Waals surface area contributed by atoms with E-state index >= 15 is 0 Å². The van der Waals surface area contributed by atoms with Gasteiger partial charge in [0, 0.05) is 12.8 Å². The zero-order valence-corrected chi connectivity index (χ0v) is 14.8. The second-order valence-corrected chi connectivity index (χ2v) is 10.1. The molecule has 23 heavy (non-hydrogen) atoms. The van der Waals surface area contributed by atoms with Crippen molar-refractivity contribution in [2.45, 2.75) is 84.2 Å². The van der Waals surface area contributed by atoms with Crippen LogP contribution in [0.4, 0.5) is 8.78 Å². The highest BCUT2D eigenvalue weighted by atomic mass is 19.3. The zero-order valence-electron chi connectivity index (χ0n) is 14.8. The van der Waals surface area contributed by atoms with Crippen molar-refractivity contribution in [1.82, 2.24) is 0 Å². The van der Waals surface area contributed by atoms with E-state index in [9.17, 15) is 13.9 Å². The number of halogens is 2. The molecule has 4 aliphatic carbocycles. The van der Waals surface area contributed by atoms with Crippen LogP contribution in [-0.2, 0) is 0 Å². The quantitative estimate of drug-likeness (QED) is 0.643. The fraction of sp³-hybridized carbons (Fsp3) is 1.00. The molecule has 0 bridgehead atoms. The molecule has 4 fully saturated rings. The van der Waals surface area contributed by atoms with E-state index in [0.717, 1.165) is 32.1 Å². The van der Waals surface area contributed by atoms with E-state index in [-0.39, 0.29) is 35.7 Å². The Kier molecular flexibility index (Phi) is 3.49. The fourth-order valence-electron chi connectivity index (χ4n) is 7.49. The molecule has 3 unspecified atom stereocenters. The largest absolute Gasteiger partial charge is 0.393 e. The van der Waals surface area contributed by atoms with Crippen LogP contribution in [0.15, 0.2) is 0 Å². The minimum atomic E-state index is -2.45. The van der Waals surface area contributed by atoms with Gasteiger partial charge in [0.05, 0.1) is 6.10 Å². The van der Waals surface area contributed by atoms with Crippen LogP contribution in [0.25, 0.3) is 0 Å². The van der Waals surface area contributed by atoms with E-state index in [1.165, 1.54) is 6.42 Å². The van der Waals surface area contributed by atoms with Gasteiger partial charge in [-0.3, -0.25) is 0 Å². The molecule has 0 aliphatic heterocycles. The van der Waals surface area contributed by atoms with E-state index in [1.807, 2.05) is 0 Å². The molecule has 8 atom stereocenters. The summed E-state index contributed by atoms with van der Waals surface area (Å²) in [6.45, 7) is 6.67. The number of hydrogen-bond acceptors (Lipinski definition) is 1. The molecule has 0 aromatic carbocycles. The maximum Gasteiger partial charge on any atom is 0.249 e. The van der Waals surface area contributed by atoms with Gasteiger partial charge >= 0.3 is 0 Å². The minimum absolute atomic E-state index is 0.105. The fourth-order valence-corrected chi connectivity index (χ4v) is 7.49. The third-order valence-electron chi connectivity index (χ3n) is 8.73. The van der Waals surface area contributed by atoms with Gasteiger partial charge in [-0.05, 0) is 78.9 Å². The van der Waals surface area contributed by atoms with Crippen LogP contribution in [0.3, 0.4) is 0 Å². The Hall–Kier alpha value is -0.180. The molecule has 4 saturated carbocycles. The first-order chi connectivity index (χ1) is 10.6. The number of rotatable bonds is 0. The molecule has 4 aliphatic rings. The second-order valence-electron chi connectivity index (χ2n) is 10.1. The standard InChI is InChI=1S/C20H32F2O/c1-12-8-13-4-5-14-15(19(13,3)10-17(12)23)6-7-18(2)11-20(21,22)9-16(14)18/h12-17,23H,4-11H2,1-3H3/t12?,13?,14-,15-,16+,17?,18-,19+/m1/s1. The normalized spacial score (nSPS) is 58.2. The summed E-state index contributed by atoms with van der Waals surface area (Å²) in [5.74, 6) is -0.153. The van der Waals surface area contributed by atoms with Crippen molar-refractivity contribution in [2.75, 3.05) is 0 Å². The van der Waals surface area contributed by atoms with E-state index in [1.54, 1.807) is 0 Å². The lowest BCUT2D eigenvalue weighted by molar-refractivity contribution is -0.138. The number of aliphatic hydroxyl groups is 1.